The summed E-state index contributed by atoms with van der Waals surface area (Å²) in [7, 11) is 3.11. The summed E-state index contributed by atoms with van der Waals surface area (Å²) in [6.45, 7) is 4.77. The Morgan fingerprint density at radius 2 is 1.67 bits per heavy atom. The van der Waals surface area contributed by atoms with Crippen LogP contribution < -0.4 is 14.2 Å². The largest absolute Gasteiger partial charge is 0.508 e. The van der Waals surface area contributed by atoms with Crippen LogP contribution in [0, 0.1) is 5.92 Å². The molecule has 1 heterocycles. The highest BCUT2D eigenvalue weighted by Gasteiger charge is 2.45. The first kappa shape index (κ1) is 27.6. The second kappa shape index (κ2) is 11.9. The topological polar surface area (TPSA) is 106 Å². The number of rotatable bonds is 10. The highest BCUT2D eigenvalue weighted by Crippen LogP contribution is 2.40. The minimum absolute atomic E-state index is 0.0148. The summed E-state index contributed by atoms with van der Waals surface area (Å²) >= 11 is 0. The third-order valence-corrected chi connectivity index (χ3v) is 6.53. The van der Waals surface area contributed by atoms with Gasteiger partial charge in [-0.1, -0.05) is 44.2 Å². The van der Waals surface area contributed by atoms with Gasteiger partial charge in [-0.15, -0.1) is 0 Å². The van der Waals surface area contributed by atoms with Gasteiger partial charge in [-0.2, -0.15) is 0 Å². The summed E-state index contributed by atoms with van der Waals surface area (Å²) < 4.78 is 16.5. The number of hydrogen-bond acceptors (Lipinski definition) is 7. The first-order valence-electron chi connectivity index (χ1n) is 12.7. The van der Waals surface area contributed by atoms with Crippen LogP contribution in [0.5, 0.6) is 23.0 Å². The van der Waals surface area contributed by atoms with Crippen LogP contribution >= 0.6 is 0 Å². The summed E-state index contributed by atoms with van der Waals surface area (Å²) in [5.41, 5.74) is 1.83. The number of aliphatic hydroxyl groups excluding tert-OH is 1. The molecule has 3 aromatic carbocycles. The van der Waals surface area contributed by atoms with Crippen LogP contribution in [-0.4, -0.2) is 54.2 Å². The minimum atomic E-state index is -0.842. The van der Waals surface area contributed by atoms with Gasteiger partial charge in [0.25, 0.3) is 11.7 Å². The van der Waals surface area contributed by atoms with Gasteiger partial charge >= 0.3 is 0 Å². The van der Waals surface area contributed by atoms with Crippen molar-refractivity contribution >= 4 is 17.4 Å². The minimum Gasteiger partial charge on any atom is -0.508 e. The predicted octanol–water partition coefficient (Wildman–Crippen LogP) is 5.11. The average molecular weight is 532 g/mol. The van der Waals surface area contributed by atoms with Crippen molar-refractivity contribution in [2.45, 2.75) is 26.3 Å². The Morgan fingerprint density at radius 3 is 2.33 bits per heavy atom. The Kier molecular flexibility index (Phi) is 8.44. The van der Waals surface area contributed by atoms with Crippen molar-refractivity contribution in [2.75, 3.05) is 27.4 Å². The normalized spacial score (nSPS) is 16.5. The van der Waals surface area contributed by atoms with Crippen LogP contribution in [0.3, 0.4) is 0 Å². The number of hydrogen-bond donors (Lipinski definition) is 2. The number of phenolic OH excluding ortho intramolecular Hbond substituents is 1. The number of methoxy groups -OCH3 is 2. The Balaban J connectivity index is 1.72. The summed E-state index contributed by atoms with van der Waals surface area (Å²) in [6.07, 6.45) is 0.431. The predicted molar refractivity (Wildman–Crippen MR) is 147 cm³/mol. The summed E-state index contributed by atoms with van der Waals surface area (Å²) in [5.74, 6) is 0.307. The van der Waals surface area contributed by atoms with Gasteiger partial charge in [0, 0.05) is 12.1 Å². The van der Waals surface area contributed by atoms with E-state index in [-0.39, 0.29) is 23.6 Å². The standard InChI is InChI=1S/C31H33NO7/c1-19(2)18-39-24-7-5-6-22(17-24)29(34)27-28(21-9-11-23(33)12-10-21)32(31(36)30(27)35)15-14-20-8-13-25(37-3)26(16-20)38-4/h5-13,16-17,19,28,33-34H,14-15,18H2,1-4H3/b29-27+. The molecule has 8 nitrogen and oxygen atoms in total. The molecule has 1 aliphatic heterocycles. The molecule has 0 bridgehead atoms. The fourth-order valence-corrected chi connectivity index (χ4v) is 4.55. The van der Waals surface area contributed by atoms with E-state index in [0.29, 0.717) is 47.3 Å². The number of benzene rings is 3. The van der Waals surface area contributed by atoms with Crippen molar-refractivity contribution in [3.05, 3.63) is 89.0 Å². The van der Waals surface area contributed by atoms with E-state index in [2.05, 4.69) is 0 Å². The average Bonchev–Trinajstić information content (AvgIpc) is 3.19. The van der Waals surface area contributed by atoms with E-state index < -0.39 is 17.7 Å². The van der Waals surface area contributed by atoms with Crippen LogP contribution in [0.1, 0.15) is 36.6 Å². The highest BCUT2D eigenvalue weighted by atomic mass is 16.5. The molecule has 4 rings (SSSR count). The van der Waals surface area contributed by atoms with Gasteiger partial charge in [0.05, 0.1) is 32.4 Å². The van der Waals surface area contributed by atoms with Gasteiger partial charge in [-0.05, 0) is 59.9 Å². The number of amides is 1. The van der Waals surface area contributed by atoms with E-state index in [1.54, 1.807) is 56.7 Å². The van der Waals surface area contributed by atoms with Crippen LogP contribution in [0.4, 0.5) is 0 Å². The van der Waals surface area contributed by atoms with E-state index >= 15 is 0 Å². The van der Waals surface area contributed by atoms with Crippen LogP contribution in [0.25, 0.3) is 5.76 Å². The van der Waals surface area contributed by atoms with Crippen molar-refractivity contribution in [1.82, 2.24) is 4.90 Å². The number of likely N-dealkylation sites (tertiary alicyclic amines) is 1. The quantitative estimate of drug-likeness (QED) is 0.213. The molecule has 1 amide bonds. The Morgan fingerprint density at radius 1 is 0.949 bits per heavy atom. The zero-order valence-electron chi connectivity index (χ0n) is 22.5. The van der Waals surface area contributed by atoms with E-state index in [1.165, 1.54) is 17.0 Å². The SMILES string of the molecule is COc1ccc(CCN2C(=O)C(=O)/C(=C(/O)c3cccc(OCC(C)C)c3)C2c2ccc(O)cc2)cc1OC. The third-order valence-electron chi connectivity index (χ3n) is 6.53. The first-order valence-corrected chi connectivity index (χ1v) is 12.7. The van der Waals surface area contributed by atoms with E-state index in [0.717, 1.165) is 5.56 Å². The van der Waals surface area contributed by atoms with Gasteiger partial charge < -0.3 is 29.3 Å². The molecular weight excluding hydrogens is 498 g/mol. The van der Waals surface area contributed by atoms with Crippen molar-refractivity contribution in [2.24, 2.45) is 5.92 Å². The van der Waals surface area contributed by atoms with E-state index in [1.807, 2.05) is 26.0 Å². The lowest BCUT2D eigenvalue weighted by molar-refractivity contribution is -0.139. The number of aromatic hydroxyl groups is 1. The summed E-state index contributed by atoms with van der Waals surface area (Å²) in [6, 6.07) is 17.7. The van der Waals surface area contributed by atoms with Crippen LogP contribution in [0.2, 0.25) is 0 Å². The highest BCUT2D eigenvalue weighted by molar-refractivity contribution is 6.46. The molecule has 1 fully saturated rings. The zero-order valence-corrected chi connectivity index (χ0v) is 22.5. The lowest BCUT2D eigenvalue weighted by atomic mass is 9.95. The molecule has 2 N–H and O–H groups in total. The number of carbonyl (C=O) groups is 2. The molecule has 204 valence electrons. The lowest BCUT2D eigenvalue weighted by Crippen LogP contribution is -2.31. The maximum atomic E-state index is 13.4. The molecule has 1 saturated heterocycles. The molecular formula is C31H33NO7. The summed E-state index contributed by atoms with van der Waals surface area (Å²) in [4.78, 5) is 28.1. The molecule has 8 heteroatoms. The molecule has 0 aliphatic carbocycles. The van der Waals surface area contributed by atoms with E-state index in [9.17, 15) is 19.8 Å². The first-order chi connectivity index (χ1) is 18.7. The maximum Gasteiger partial charge on any atom is 0.295 e. The van der Waals surface area contributed by atoms with E-state index in [4.69, 9.17) is 14.2 Å². The Hall–Kier alpha value is -4.46. The molecule has 0 spiro atoms. The van der Waals surface area contributed by atoms with Crippen molar-refractivity contribution in [3.8, 4) is 23.0 Å². The monoisotopic (exact) mass is 531 g/mol. The molecule has 1 atom stereocenters. The second-order valence-corrected chi connectivity index (χ2v) is 9.76. The number of ether oxygens (including phenoxy) is 3. The number of phenols is 1. The van der Waals surface area contributed by atoms with Crippen molar-refractivity contribution in [1.29, 1.82) is 0 Å². The molecule has 0 saturated carbocycles. The number of Topliss-reactive ketones (excluding diaryl/α,β-unsaturated/α-hetero) is 1. The van der Waals surface area contributed by atoms with Gasteiger partial charge in [0.15, 0.2) is 11.5 Å². The summed E-state index contributed by atoms with van der Waals surface area (Å²) in [5, 5.41) is 21.2. The molecule has 3 aromatic rings. The zero-order chi connectivity index (χ0) is 28.1. The van der Waals surface area contributed by atoms with Crippen molar-refractivity contribution in [3.63, 3.8) is 0 Å². The number of ketones is 1. The van der Waals surface area contributed by atoms with Gasteiger partial charge in [0.1, 0.15) is 17.3 Å². The number of aliphatic hydroxyl groups is 1. The van der Waals surface area contributed by atoms with Crippen LogP contribution in [-0.2, 0) is 16.0 Å². The second-order valence-electron chi connectivity index (χ2n) is 9.76. The molecule has 1 aliphatic rings. The molecule has 0 aromatic heterocycles. The maximum absolute atomic E-state index is 13.4. The molecule has 39 heavy (non-hydrogen) atoms. The van der Waals surface area contributed by atoms with Crippen LogP contribution in [0.15, 0.2) is 72.3 Å². The molecule has 0 radical (unpaired) electrons. The Labute approximate surface area is 228 Å². The third kappa shape index (κ3) is 6.00. The van der Waals surface area contributed by atoms with Gasteiger partial charge in [0.2, 0.25) is 0 Å². The van der Waals surface area contributed by atoms with Gasteiger partial charge in [-0.25, -0.2) is 0 Å². The number of carbonyl (C=O) groups excluding carboxylic acids is 2. The number of nitrogens with zero attached hydrogens (tertiary/aromatic N) is 1. The fraction of sp³-hybridized carbons (Fsp3) is 0.290. The smallest absolute Gasteiger partial charge is 0.295 e. The Bertz CT molecular complexity index is 1380. The fourth-order valence-electron chi connectivity index (χ4n) is 4.55. The van der Waals surface area contributed by atoms with Gasteiger partial charge in [-0.3, -0.25) is 9.59 Å². The lowest BCUT2D eigenvalue weighted by Gasteiger charge is -2.25. The van der Waals surface area contributed by atoms with Crippen molar-refractivity contribution < 1.29 is 34.0 Å². The molecule has 1 unspecified atom stereocenters.